The van der Waals surface area contributed by atoms with Gasteiger partial charge in [0, 0.05) is 29.6 Å². The fourth-order valence-corrected chi connectivity index (χ4v) is 3.40. The predicted molar refractivity (Wildman–Crippen MR) is 106 cm³/mol. The lowest BCUT2D eigenvalue weighted by molar-refractivity contribution is -0.120. The van der Waals surface area contributed by atoms with Crippen LogP contribution in [-0.4, -0.2) is 34.2 Å². The molecule has 0 aliphatic carbocycles. The van der Waals surface area contributed by atoms with E-state index >= 15 is 0 Å². The summed E-state index contributed by atoms with van der Waals surface area (Å²) in [7, 11) is 0. The second-order valence-corrected chi connectivity index (χ2v) is 7.11. The molecule has 0 unspecified atom stereocenters. The van der Waals surface area contributed by atoms with Gasteiger partial charge in [0.2, 0.25) is 5.91 Å². The first-order valence-electron chi connectivity index (χ1n) is 9.03. The van der Waals surface area contributed by atoms with Crippen LogP contribution >= 0.6 is 11.6 Å². The van der Waals surface area contributed by atoms with Gasteiger partial charge in [0.25, 0.3) is 11.8 Å². The van der Waals surface area contributed by atoms with Crippen LogP contribution in [-0.2, 0) is 4.79 Å². The van der Waals surface area contributed by atoms with Crippen molar-refractivity contribution in [2.24, 2.45) is 5.92 Å². The van der Waals surface area contributed by atoms with E-state index in [-0.39, 0.29) is 17.6 Å². The number of piperidine rings is 1. The molecule has 8 heteroatoms. The van der Waals surface area contributed by atoms with Crippen molar-refractivity contribution in [2.45, 2.75) is 12.8 Å². The lowest BCUT2D eigenvalue weighted by atomic mass is 9.96. The van der Waals surface area contributed by atoms with Crippen LogP contribution in [0.4, 0.5) is 11.6 Å². The molecule has 3 aromatic rings. The molecular formula is C20H19ClN4O3. The minimum absolute atomic E-state index is 0.00424. The molecule has 2 N–H and O–H groups in total. The Morgan fingerprint density at radius 1 is 1.18 bits per heavy atom. The number of carbonyl (C=O) groups excluding carboxylic acids is 1. The third-order valence-corrected chi connectivity index (χ3v) is 5.04. The Kier molecular flexibility index (Phi) is 5.16. The summed E-state index contributed by atoms with van der Waals surface area (Å²) in [5, 5.41) is 17.1. The van der Waals surface area contributed by atoms with Crippen LogP contribution in [0, 0.1) is 5.92 Å². The summed E-state index contributed by atoms with van der Waals surface area (Å²) in [6.45, 7) is 1.29. The zero-order valence-corrected chi connectivity index (χ0v) is 15.8. The Balaban J connectivity index is 1.36. The number of rotatable bonds is 4. The van der Waals surface area contributed by atoms with Crippen LogP contribution < -0.4 is 10.2 Å². The third kappa shape index (κ3) is 3.94. The number of benzene rings is 2. The predicted octanol–water partition coefficient (Wildman–Crippen LogP) is 3.95. The molecule has 0 radical (unpaired) electrons. The number of aromatic nitrogens is 2. The Morgan fingerprint density at radius 2 is 1.93 bits per heavy atom. The highest BCUT2D eigenvalue weighted by molar-refractivity contribution is 6.31. The molecule has 1 amide bonds. The molecule has 0 saturated carbocycles. The van der Waals surface area contributed by atoms with Gasteiger partial charge in [0.1, 0.15) is 5.75 Å². The zero-order valence-electron chi connectivity index (χ0n) is 15.0. The number of amides is 1. The number of nitrogens with zero attached hydrogens (tertiary/aromatic N) is 3. The second kappa shape index (κ2) is 7.90. The first kappa shape index (κ1) is 18.3. The molecule has 28 heavy (non-hydrogen) atoms. The molecular weight excluding hydrogens is 380 g/mol. The molecule has 144 valence electrons. The molecule has 0 atom stereocenters. The van der Waals surface area contributed by atoms with E-state index in [2.05, 4.69) is 15.5 Å². The maximum Gasteiger partial charge on any atom is 0.266 e. The van der Waals surface area contributed by atoms with E-state index in [1.54, 1.807) is 6.07 Å². The summed E-state index contributed by atoms with van der Waals surface area (Å²) in [6, 6.07) is 14.2. The number of carbonyl (C=O) groups is 1. The SMILES string of the molecule is O=C(Nc1cc(Cl)ccc1O)C1CCN(c2noc(-c3ccccc3)n2)CC1. The molecule has 0 bridgehead atoms. The number of nitrogens with one attached hydrogen (secondary N) is 1. The maximum atomic E-state index is 12.5. The minimum atomic E-state index is -0.157. The Hall–Kier alpha value is -3.06. The van der Waals surface area contributed by atoms with Crippen molar-refractivity contribution in [3.8, 4) is 17.2 Å². The van der Waals surface area contributed by atoms with Gasteiger partial charge in [-0.15, -0.1) is 0 Å². The van der Waals surface area contributed by atoms with Crippen LogP contribution in [0.3, 0.4) is 0 Å². The van der Waals surface area contributed by atoms with Gasteiger partial charge >= 0.3 is 0 Å². The van der Waals surface area contributed by atoms with Crippen LogP contribution in [0.2, 0.25) is 5.02 Å². The highest BCUT2D eigenvalue weighted by Gasteiger charge is 2.27. The highest BCUT2D eigenvalue weighted by Crippen LogP contribution is 2.29. The molecule has 4 rings (SSSR count). The van der Waals surface area contributed by atoms with Crippen molar-refractivity contribution in [1.29, 1.82) is 0 Å². The minimum Gasteiger partial charge on any atom is -0.506 e. The van der Waals surface area contributed by atoms with Gasteiger partial charge in [-0.1, -0.05) is 29.8 Å². The fraction of sp³-hybridized carbons (Fsp3) is 0.250. The summed E-state index contributed by atoms with van der Waals surface area (Å²) in [4.78, 5) is 19.0. The third-order valence-electron chi connectivity index (χ3n) is 4.80. The molecule has 0 spiro atoms. The standard InChI is InChI=1S/C20H19ClN4O3/c21-15-6-7-17(26)16(12-15)22-18(27)13-8-10-25(11-9-13)20-23-19(28-24-20)14-4-2-1-3-5-14/h1-7,12-13,26H,8-11H2,(H,22,27). The van der Waals surface area contributed by atoms with Gasteiger partial charge in [0.05, 0.1) is 5.69 Å². The van der Waals surface area contributed by atoms with Gasteiger partial charge in [-0.25, -0.2) is 0 Å². The number of anilines is 2. The first-order valence-corrected chi connectivity index (χ1v) is 9.41. The second-order valence-electron chi connectivity index (χ2n) is 6.68. The van der Waals surface area contributed by atoms with E-state index in [0.29, 0.717) is 48.5 Å². The first-order chi connectivity index (χ1) is 13.6. The molecule has 2 heterocycles. The van der Waals surface area contributed by atoms with Gasteiger partial charge in [-0.2, -0.15) is 4.98 Å². The molecule has 1 fully saturated rings. The molecule has 1 aliphatic heterocycles. The average Bonchev–Trinajstić information content (AvgIpc) is 3.22. The van der Waals surface area contributed by atoms with Gasteiger partial charge in [-0.3, -0.25) is 4.79 Å². The van der Waals surface area contributed by atoms with Gasteiger partial charge < -0.3 is 19.8 Å². The van der Waals surface area contributed by atoms with Crippen molar-refractivity contribution >= 4 is 29.1 Å². The lowest BCUT2D eigenvalue weighted by Crippen LogP contribution is -2.38. The normalized spacial score (nSPS) is 14.8. The summed E-state index contributed by atoms with van der Waals surface area (Å²) < 4.78 is 5.36. The van der Waals surface area contributed by atoms with E-state index in [1.165, 1.54) is 12.1 Å². The number of halogens is 1. The van der Waals surface area contributed by atoms with Gasteiger partial charge in [0.15, 0.2) is 0 Å². The van der Waals surface area contributed by atoms with E-state index in [4.69, 9.17) is 16.1 Å². The quantitative estimate of drug-likeness (QED) is 0.646. The highest BCUT2D eigenvalue weighted by atomic mass is 35.5. The number of hydrogen-bond acceptors (Lipinski definition) is 6. The van der Waals surface area contributed by atoms with E-state index in [9.17, 15) is 9.90 Å². The smallest absolute Gasteiger partial charge is 0.266 e. The lowest BCUT2D eigenvalue weighted by Gasteiger charge is -2.30. The molecule has 1 aliphatic rings. The van der Waals surface area contributed by atoms with Crippen LogP contribution in [0.25, 0.3) is 11.5 Å². The molecule has 7 nitrogen and oxygen atoms in total. The number of phenolic OH excluding ortho intramolecular Hbond substituents is 1. The van der Waals surface area contributed by atoms with E-state index in [0.717, 1.165) is 5.56 Å². The largest absolute Gasteiger partial charge is 0.506 e. The summed E-state index contributed by atoms with van der Waals surface area (Å²) in [5.41, 5.74) is 1.20. The van der Waals surface area contributed by atoms with Crippen LogP contribution in [0.15, 0.2) is 53.1 Å². The zero-order chi connectivity index (χ0) is 19.5. The van der Waals surface area contributed by atoms with Crippen LogP contribution in [0.1, 0.15) is 12.8 Å². The number of hydrogen-bond donors (Lipinski definition) is 2. The van der Waals surface area contributed by atoms with Crippen molar-refractivity contribution in [3.05, 3.63) is 53.6 Å². The summed E-state index contributed by atoms with van der Waals surface area (Å²) in [5.74, 6) is 0.720. The van der Waals surface area contributed by atoms with Crippen LogP contribution in [0.5, 0.6) is 5.75 Å². The Labute approximate surface area is 166 Å². The van der Waals surface area contributed by atoms with Gasteiger partial charge in [-0.05, 0) is 48.3 Å². The Bertz CT molecular complexity index is 969. The van der Waals surface area contributed by atoms with Crippen molar-refractivity contribution < 1.29 is 14.4 Å². The topological polar surface area (TPSA) is 91.5 Å². The molecule has 1 saturated heterocycles. The molecule has 1 aromatic heterocycles. The fourth-order valence-electron chi connectivity index (χ4n) is 3.23. The van der Waals surface area contributed by atoms with Crippen molar-refractivity contribution in [2.75, 3.05) is 23.3 Å². The average molecular weight is 399 g/mol. The van der Waals surface area contributed by atoms with E-state index in [1.807, 2.05) is 35.2 Å². The molecule has 2 aromatic carbocycles. The maximum absolute atomic E-state index is 12.5. The van der Waals surface area contributed by atoms with Crippen molar-refractivity contribution in [1.82, 2.24) is 10.1 Å². The number of aromatic hydroxyl groups is 1. The summed E-state index contributed by atoms with van der Waals surface area (Å²) in [6.07, 6.45) is 1.31. The number of phenols is 1. The Morgan fingerprint density at radius 3 is 2.68 bits per heavy atom. The van der Waals surface area contributed by atoms with E-state index < -0.39 is 0 Å². The monoisotopic (exact) mass is 398 g/mol. The van der Waals surface area contributed by atoms with Crippen molar-refractivity contribution in [3.63, 3.8) is 0 Å². The summed E-state index contributed by atoms with van der Waals surface area (Å²) >= 11 is 5.93.